The first-order chi connectivity index (χ1) is 9.05. The fourth-order valence-electron chi connectivity index (χ4n) is 2.59. The van der Waals surface area contributed by atoms with Crippen molar-refractivity contribution >= 4 is 15.9 Å². The summed E-state index contributed by atoms with van der Waals surface area (Å²) in [7, 11) is 0. The average molecular weight is 331 g/mol. The lowest BCUT2D eigenvalue weighted by Gasteiger charge is -2.40. The Labute approximate surface area is 121 Å². The Kier molecular flexibility index (Phi) is 4.95. The molecule has 3 nitrogen and oxygen atoms in total. The Morgan fingerprint density at radius 1 is 1.53 bits per heavy atom. The second-order valence-corrected chi connectivity index (χ2v) is 6.13. The largest absolute Gasteiger partial charge is 0.374 e. The highest BCUT2D eigenvalue weighted by atomic mass is 79.9. The van der Waals surface area contributed by atoms with Crippen LogP contribution in [0.3, 0.4) is 0 Å². The van der Waals surface area contributed by atoms with Crippen molar-refractivity contribution in [1.82, 2.24) is 5.43 Å². The average Bonchev–Trinajstić information content (AvgIpc) is 2.38. The highest BCUT2D eigenvalue weighted by Gasteiger charge is 2.36. The number of rotatable bonds is 4. The van der Waals surface area contributed by atoms with Crippen LogP contribution in [0.25, 0.3) is 0 Å². The molecule has 0 amide bonds. The lowest BCUT2D eigenvalue weighted by atomic mass is 9.85. The zero-order valence-corrected chi connectivity index (χ0v) is 12.7. The number of nitrogens with one attached hydrogen (secondary N) is 1. The summed E-state index contributed by atoms with van der Waals surface area (Å²) in [5.41, 5.74) is 3.63. The molecule has 0 radical (unpaired) electrons. The van der Waals surface area contributed by atoms with Gasteiger partial charge >= 0.3 is 0 Å². The van der Waals surface area contributed by atoms with Crippen molar-refractivity contribution in [2.75, 3.05) is 6.61 Å². The van der Waals surface area contributed by atoms with E-state index in [9.17, 15) is 4.39 Å². The van der Waals surface area contributed by atoms with Gasteiger partial charge < -0.3 is 4.74 Å². The van der Waals surface area contributed by atoms with Crippen molar-refractivity contribution in [2.45, 2.75) is 44.2 Å². The molecule has 1 saturated heterocycles. The van der Waals surface area contributed by atoms with Crippen molar-refractivity contribution in [3.8, 4) is 0 Å². The molecule has 0 saturated carbocycles. The molecule has 1 heterocycles. The molecule has 2 atom stereocenters. The monoisotopic (exact) mass is 330 g/mol. The predicted octanol–water partition coefficient (Wildman–Crippen LogP) is 2.92. The van der Waals surface area contributed by atoms with E-state index in [1.165, 1.54) is 12.1 Å². The van der Waals surface area contributed by atoms with E-state index in [4.69, 9.17) is 10.6 Å². The molecule has 0 aromatic heterocycles. The molecule has 1 aromatic rings. The van der Waals surface area contributed by atoms with E-state index >= 15 is 0 Å². The third kappa shape index (κ3) is 3.54. The Balaban J connectivity index is 2.14. The third-order valence-electron chi connectivity index (χ3n) is 3.88. The van der Waals surface area contributed by atoms with Crippen LogP contribution in [0.1, 0.15) is 31.7 Å². The van der Waals surface area contributed by atoms with Crippen LogP contribution in [0, 0.1) is 5.82 Å². The van der Waals surface area contributed by atoms with Gasteiger partial charge in [-0.05, 0) is 50.3 Å². The van der Waals surface area contributed by atoms with Crippen LogP contribution in [-0.2, 0) is 11.2 Å². The molecule has 1 aliphatic heterocycles. The fourth-order valence-corrected chi connectivity index (χ4v) is 3.10. The van der Waals surface area contributed by atoms with Gasteiger partial charge in [0.2, 0.25) is 0 Å². The number of halogens is 2. The fraction of sp³-hybridized carbons (Fsp3) is 0.571. The quantitative estimate of drug-likeness (QED) is 0.659. The van der Waals surface area contributed by atoms with Crippen LogP contribution < -0.4 is 11.3 Å². The summed E-state index contributed by atoms with van der Waals surface area (Å²) in [5, 5.41) is 0. The predicted molar refractivity (Wildman–Crippen MR) is 77.1 cm³/mol. The van der Waals surface area contributed by atoms with Gasteiger partial charge in [0.15, 0.2) is 0 Å². The van der Waals surface area contributed by atoms with Gasteiger partial charge in [-0.3, -0.25) is 11.3 Å². The first-order valence-electron chi connectivity index (χ1n) is 6.59. The smallest absolute Gasteiger partial charge is 0.124 e. The minimum atomic E-state index is -0.263. The van der Waals surface area contributed by atoms with Gasteiger partial charge in [-0.2, -0.15) is 0 Å². The number of hydrazine groups is 1. The summed E-state index contributed by atoms with van der Waals surface area (Å²) < 4.78 is 19.8. The molecule has 0 aliphatic carbocycles. The lowest BCUT2D eigenvalue weighted by Crippen LogP contribution is -2.55. The Hall–Kier alpha value is -0.490. The topological polar surface area (TPSA) is 47.3 Å². The first kappa shape index (κ1) is 14.9. The maximum absolute atomic E-state index is 13.1. The molecule has 0 spiro atoms. The number of ether oxygens (including phenoxy) is 1. The molecule has 1 aliphatic rings. The Bertz CT molecular complexity index is 435. The first-order valence-corrected chi connectivity index (χ1v) is 7.38. The van der Waals surface area contributed by atoms with Gasteiger partial charge in [-0.25, -0.2) is 4.39 Å². The molecule has 106 valence electrons. The third-order valence-corrected chi connectivity index (χ3v) is 4.61. The number of nitrogens with two attached hydrogens (primary N) is 1. The number of hydrogen-bond acceptors (Lipinski definition) is 3. The van der Waals surface area contributed by atoms with Crippen LogP contribution in [0.15, 0.2) is 22.7 Å². The Morgan fingerprint density at radius 3 is 2.89 bits per heavy atom. The van der Waals surface area contributed by atoms with Crippen molar-refractivity contribution in [1.29, 1.82) is 0 Å². The highest BCUT2D eigenvalue weighted by Crippen LogP contribution is 2.30. The summed E-state index contributed by atoms with van der Waals surface area (Å²) in [4.78, 5) is 0. The van der Waals surface area contributed by atoms with Gasteiger partial charge in [-0.1, -0.05) is 22.0 Å². The van der Waals surface area contributed by atoms with Gasteiger partial charge in [0, 0.05) is 11.1 Å². The van der Waals surface area contributed by atoms with E-state index in [1.807, 2.05) is 0 Å². The minimum Gasteiger partial charge on any atom is -0.374 e. The van der Waals surface area contributed by atoms with Gasteiger partial charge in [-0.15, -0.1) is 0 Å². The molecule has 2 rings (SSSR count). The molecule has 3 N–H and O–H groups in total. The van der Waals surface area contributed by atoms with E-state index in [1.54, 1.807) is 6.07 Å². The van der Waals surface area contributed by atoms with Crippen molar-refractivity contribution in [2.24, 2.45) is 5.84 Å². The maximum atomic E-state index is 13.1. The summed E-state index contributed by atoms with van der Waals surface area (Å²) in [5.74, 6) is 5.45. The molecular formula is C14H20BrFN2O. The van der Waals surface area contributed by atoms with Crippen LogP contribution in [0.4, 0.5) is 4.39 Å². The van der Waals surface area contributed by atoms with Gasteiger partial charge in [0.05, 0.1) is 11.6 Å². The summed E-state index contributed by atoms with van der Waals surface area (Å²) in [6, 6.07) is 4.75. The second kappa shape index (κ2) is 6.31. The highest BCUT2D eigenvalue weighted by molar-refractivity contribution is 9.10. The van der Waals surface area contributed by atoms with E-state index < -0.39 is 0 Å². The summed E-state index contributed by atoms with van der Waals surface area (Å²) >= 11 is 3.40. The number of benzene rings is 1. The van der Waals surface area contributed by atoms with Crippen LogP contribution >= 0.6 is 15.9 Å². The van der Waals surface area contributed by atoms with Crippen molar-refractivity contribution in [3.63, 3.8) is 0 Å². The minimum absolute atomic E-state index is 0.00885. The van der Waals surface area contributed by atoms with Crippen molar-refractivity contribution in [3.05, 3.63) is 34.1 Å². The van der Waals surface area contributed by atoms with E-state index in [0.29, 0.717) is 6.42 Å². The van der Waals surface area contributed by atoms with E-state index in [0.717, 1.165) is 35.9 Å². The normalized spacial score (nSPS) is 25.3. The molecule has 2 unspecified atom stereocenters. The van der Waals surface area contributed by atoms with E-state index in [-0.39, 0.29) is 17.5 Å². The SMILES string of the molecule is CC1(C(Cc2ccc(F)cc2Br)NN)CCCCO1. The number of hydrogen-bond donors (Lipinski definition) is 2. The summed E-state index contributed by atoms with van der Waals surface area (Å²) in [6.07, 6.45) is 3.95. The zero-order valence-electron chi connectivity index (χ0n) is 11.1. The molecule has 1 aromatic carbocycles. The maximum Gasteiger partial charge on any atom is 0.124 e. The molecule has 1 fully saturated rings. The molecule has 5 heteroatoms. The zero-order chi connectivity index (χ0) is 13.9. The lowest BCUT2D eigenvalue weighted by molar-refractivity contribution is -0.0884. The van der Waals surface area contributed by atoms with Crippen LogP contribution in [0.2, 0.25) is 0 Å². The van der Waals surface area contributed by atoms with Crippen LogP contribution in [-0.4, -0.2) is 18.2 Å². The van der Waals surface area contributed by atoms with E-state index in [2.05, 4.69) is 28.3 Å². The van der Waals surface area contributed by atoms with Crippen molar-refractivity contribution < 1.29 is 9.13 Å². The molecular weight excluding hydrogens is 311 g/mol. The molecule has 19 heavy (non-hydrogen) atoms. The summed E-state index contributed by atoms with van der Waals surface area (Å²) in [6.45, 7) is 2.87. The second-order valence-electron chi connectivity index (χ2n) is 5.28. The van der Waals surface area contributed by atoms with Crippen LogP contribution in [0.5, 0.6) is 0 Å². The molecule has 0 bridgehead atoms. The van der Waals surface area contributed by atoms with Gasteiger partial charge in [0.25, 0.3) is 0 Å². The Morgan fingerprint density at radius 2 is 2.32 bits per heavy atom. The van der Waals surface area contributed by atoms with Gasteiger partial charge in [0.1, 0.15) is 5.82 Å². The standard InChI is InChI=1S/C14H20BrFN2O/c1-14(6-2-3-7-19-14)13(18-17)8-10-4-5-11(16)9-12(10)15/h4-5,9,13,18H,2-3,6-8,17H2,1H3.